The van der Waals surface area contributed by atoms with E-state index >= 15 is 0 Å². The van der Waals surface area contributed by atoms with E-state index in [1.54, 1.807) is 0 Å². The molecule has 576 valence electrons. The molecule has 0 atom stereocenters. The Balaban J connectivity index is 0.000000137. The third-order valence-corrected chi connectivity index (χ3v) is 27.4. The number of para-hydroxylation sites is 4. The number of hydrogen-bond acceptors (Lipinski definition) is 4. The average molecular weight is 1570 g/mol. The van der Waals surface area contributed by atoms with E-state index in [1.165, 1.54) is 134 Å². The van der Waals surface area contributed by atoms with Gasteiger partial charge in [0.05, 0.1) is 22.2 Å². The van der Waals surface area contributed by atoms with Gasteiger partial charge in [0.1, 0.15) is 23.0 Å². The number of nitrogens with zero attached hydrogens (tertiary/aromatic N) is 2. The van der Waals surface area contributed by atoms with Crippen molar-refractivity contribution in [3.8, 4) is 145 Å². The Kier molecular flexibility index (Phi) is 15.6. The number of rotatable bonds is 6. The lowest BCUT2D eigenvalue weighted by atomic mass is 9.66. The summed E-state index contributed by atoms with van der Waals surface area (Å²) in [7, 11) is 0. The van der Waals surface area contributed by atoms with Crippen molar-refractivity contribution < 1.29 is 9.47 Å². The predicted molar refractivity (Wildman–Crippen MR) is 505 cm³/mol. The summed E-state index contributed by atoms with van der Waals surface area (Å²) in [6, 6.07) is 161. The molecule has 19 aromatic rings. The van der Waals surface area contributed by atoms with E-state index in [2.05, 4.69) is 454 Å². The Morgan fingerprint density at radius 3 is 0.854 bits per heavy atom. The average Bonchev–Trinajstić information content (AvgIpc) is 1.52. The first-order valence-corrected chi connectivity index (χ1v) is 42.8. The predicted octanol–water partition coefficient (Wildman–Crippen LogP) is 31.5. The van der Waals surface area contributed by atoms with Crippen LogP contribution in [0.5, 0.6) is 23.0 Å². The zero-order valence-corrected chi connectivity index (χ0v) is 67.8. The van der Waals surface area contributed by atoms with E-state index in [0.717, 1.165) is 102 Å². The topological polar surface area (TPSA) is 24.9 Å². The molecular formula is C119H78N2O2. The normalized spacial score (nSPS) is 13.8. The monoisotopic (exact) mass is 1570 g/mol. The Hall–Kier alpha value is -15.6. The number of ether oxygens (including phenoxy) is 2. The van der Waals surface area contributed by atoms with Crippen LogP contribution in [0.2, 0.25) is 0 Å². The van der Waals surface area contributed by atoms with Gasteiger partial charge in [-0.3, -0.25) is 0 Å². The third-order valence-electron chi connectivity index (χ3n) is 27.4. The largest absolute Gasteiger partial charge is 0.456 e. The summed E-state index contributed by atoms with van der Waals surface area (Å²) >= 11 is 0. The van der Waals surface area contributed by atoms with Crippen molar-refractivity contribution in [3.63, 3.8) is 0 Å². The van der Waals surface area contributed by atoms with Crippen molar-refractivity contribution in [2.75, 3.05) is 9.80 Å². The fraction of sp³-hybridized carbons (Fsp3) is 0.0420. The van der Waals surface area contributed by atoms with Crippen LogP contribution < -0.4 is 19.3 Å². The van der Waals surface area contributed by atoms with E-state index < -0.39 is 10.8 Å². The fourth-order valence-electron chi connectivity index (χ4n) is 22.4. The van der Waals surface area contributed by atoms with Gasteiger partial charge >= 0.3 is 0 Å². The van der Waals surface area contributed by atoms with Gasteiger partial charge in [0.15, 0.2) is 0 Å². The van der Waals surface area contributed by atoms with Crippen LogP contribution in [-0.4, -0.2) is 0 Å². The highest BCUT2D eigenvalue weighted by Crippen LogP contribution is 2.67. The lowest BCUT2D eigenvalue weighted by Crippen LogP contribution is -2.29. The first kappa shape index (κ1) is 70.4. The highest BCUT2D eigenvalue weighted by Gasteiger charge is 2.53. The van der Waals surface area contributed by atoms with Gasteiger partial charge in [0.2, 0.25) is 0 Å². The van der Waals surface area contributed by atoms with E-state index in [1.807, 2.05) is 6.07 Å². The van der Waals surface area contributed by atoms with Crippen LogP contribution in [0.15, 0.2) is 437 Å². The minimum Gasteiger partial charge on any atom is -0.456 e. The summed E-state index contributed by atoms with van der Waals surface area (Å²) in [4.78, 5) is 4.98. The first-order chi connectivity index (χ1) is 60.8. The van der Waals surface area contributed by atoms with Crippen LogP contribution in [-0.2, 0) is 16.2 Å². The molecule has 7 aliphatic rings. The van der Waals surface area contributed by atoms with Gasteiger partial charge in [-0.1, -0.05) is 366 Å². The number of hydrogen-bond donors (Lipinski definition) is 0. The second kappa shape index (κ2) is 27.2. The maximum Gasteiger partial charge on any atom is 0.135 e. The molecule has 0 N–H and O–H groups in total. The molecule has 2 heterocycles. The van der Waals surface area contributed by atoms with Gasteiger partial charge in [-0.05, 0) is 230 Å². The molecule has 0 fully saturated rings. The van der Waals surface area contributed by atoms with Gasteiger partial charge in [-0.25, -0.2) is 0 Å². The molecule has 26 rings (SSSR count). The summed E-state index contributed by atoms with van der Waals surface area (Å²) in [6.07, 6.45) is 0. The van der Waals surface area contributed by atoms with E-state index in [9.17, 15) is 0 Å². The van der Waals surface area contributed by atoms with Crippen LogP contribution in [0.4, 0.5) is 34.1 Å². The Morgan fingerprint density at radius 2 is 0.423 bits per heavy atom. The van der Waals surface area contributed by atoms with Crippen LogP contribution in [0.1, 0.15) is 69.5 Å². The lowest BCUT2D eigenvalue weighted by molar-refractivity contribution is 0.487. The molecule has 0 radical (unpaired) electrons. The summed E-state index contributed by atoms with van der Waals surface area (Å²) in [5.74, 6) is 3.43. The maximum atomic E-state index is 6.84. The fourth-order valence-corrected chi connectivity index (χ4v) is 22.4. The van der Waals surface area contributed by atoms with E-state index in [-0.39, 0.29) is 5.41 Å². The van der Waals surface area contributed by atoms with E-state index in [4.69, 9.17) is 9.47 Å². The minimum atomic E-state index is -0.603. The van der Waals surface area contributed by atoms with Gasteiger partial charge in [0, 0.05) is 61.5 Å². The van der Waals surface area contributed by atoms with E-state index in [0.29, 0.717) is 0 Å². The van der Waals surface area contributed by atoms with Crippen molar-refractivity contribution in [3.05, 3.63) is 492 Å². The van der Waals surface area contributed by atoms with Crippen molar-refractivity contribution >= 4 is 34.1 Å². The van der Waals surface area contributed by atoms with Gasteiger partial charge in [-0.2, -0.15) is 0 Å². The Morgan fingerprint density at radius 1 is 0.163 bits per heavy atom. The molecule has 123 heavy (non-hydrogen) atoms. The Labute approximate surface area is 716 Å². The second-order valence-corrected chi connectivity index (χ2v) is 33.8. The van der Waals surface area contributed by atoms with Gasteiger partial charge < -0.3 is 19.3 Å². The molecule has 0 unspecified atom stereocenters. The zero-order chi connectivity index (χ0) is 81.2. The molecular weight excluding hydrogens is 1490 g/mol. The summed E-state index contributed by atoms with van der Waals surface area (Å²) in [5.41, 5.74) is 45.0. The molecule has 0 aromatic heterocycles. The molecule has 4 nitrogen and oxygen atoms in total. The SMILES string of the molecule is CC1(C)c2ccccc2-c2ccc(N(c3ccc4c(c3)-c3ccccc3-c3ccccc3O4)c3cccc4c3-c3ccccc3C43c4ccccc4-c4ccccc4-c4ccccc43)cc21.c1ccc(N(c2ccc3c(c2)-c2ccccc2Oc2ccccc2-3)c2cccc3c2-c2ccccc2C32c3ccccc3-c3ccccc3-c3ccccc32)cc1. The van der Waals surface area contributed by atoms with Crippen LogP contribution in [0.25, 0.3) is 122 Å². The molecule has 19 aromatic carbocycles. The number of fused-ring (bicyclic) bond motifs is 37. The molecule has 0 saturated heterocycles. The lowest BCUT2D eigenvalue weighted by Gasteiger charge is -2.36. The van der Waals surface area contributed by atoms with Crippen LogP contribution in [0.3, 0.4) is 0 Å². The van der Waals surface area contributed by atoms with Crippen molar-refractivity contribution in [2.45, 2.75) is 30.1 Å². The first-order valence-electron chi connectivity index (χ1n) is 42.8. The summed E-state index contributed by atoms with van der Waals surface area (Å²) < 4.78 is 13.4. The van der Waals surface area contributed by atoms with Gasteiger partial charge in [-0.15, -0.1) is 0 Å². The smallest absolute Gasteiger partial charge is 0.135 e. The quantitative estimate of drug-likeness (QED) is 0.166. The molecule has 4 heteroatoms. The van der Waals surface area contributed by atoms with Crippen molar-refractivity contribution in [1.29, 1.82) is 0 Å². The standard InChI is InChI=1S/C64H43NO.C55H35NO/c1-63(2)53-27-12-7-24-48(53)49-36-34-41(39-58(49)63)65(40-35-37-61-52(38-40)45-21-6-5-20-44(45)50-25-11-16-33-60(50)66-61)59-32-17-31-57-62(59)51-26-10-15-30-56(51)64(57)54-28-13-8-22-46(54)42-18-3-4-19-43(42)47-23-9-14-29-55(47)64;1-2-17-36(18-3-1)56(37-33-34-40-43-23-9-14-31-52(43)57-53-32-15-10-24-44(53)46(40)35-37)51-30-16-29-50-54(51)45-25-8-13-28-49(45)55(50)47-26-11-6-21-41(47)38-19-4-5-20-39(38)42-22-7-12-27-48(42)55/h3-39H,1-2H3;1-35H. The molecule has 0 bridgehead atoms. The molecule has 2 spiro atoms. The third kappa shape index (κ3) is 10.1. The van der Waals surface area contributed by atoms with Crippen LogP contribution >= 0.6 is 0 Å². The Bertz CT molecular complexity index is 7520. The number of benzene rings is 19. The molecule has 2 aliphatic heterocycles. The van der Waals surface area contributed by atoms with Crippen molar-refractivity contribution in [1.82, 2.24) is 0 Å². The number of anilines is 6. The molecule has 0 saturated carbocycles. The van der Waals surface area contributed by atoms with Gasteiger partial charge in [0.25, 0.3) is 0 Å². The minimum absolute atomic E-state index is 0.183. The molecule has 0 amide bonds. The van der Waals surface area contributed by atoms with Crippen molar-refractivity contribution in [2.24, 2.45) is 0 Å². The second-order valence-electron chi connectivity index (χ2n) is 33.8. The highest BCUT2D eigenvalue weighted by molar-refractivity contribution is 6.06. The zero-order valence-electron chi connectivity index (χ0n) is 67.8. The maximum absolute atomic E-state index is 6.84. The molecule has 5 aliphatic carbocycles. The summed E-state index contributed by atoms with van der Waals surface area (Å²) in [5, 5.41) is 0. The summed E-state index contributed by atoms with van der Waals surface area (Å²) in [6.45, 7) is 4.75. The van der Waals surface area contributed by atoms with Crippen LogP contribution in [0, 0.1) is 0 Å². The highest BCUT2D eigenvalue weighted by atomic mass is 16.5.